The summed E-state index contributed by atoms with van der Waals surface area (Å²) in [6.45, 7) is 9.47. The number of amides is 2. The zero-order valence-electron chi connectivity index (χ0n) is 22.9. The van der Waals surface area contributed by atoms with Crippen LogP contribution in [0, 0.1) is 39.9 Å². The number of hydrogen-bond acceptors (Lipinski definition) is 3. The molecule has 0 unspecified atom stereocenters. The van der Waals surface area contributed by atoms with E-state index in [-0.39, 0.29) is 23.8 Å². The van der Waals surface area contributed by atoms with Crippen molar-refractivity contribution in [3.8, 4) is 0 Å². The van der Waals surface area contributed by atoms with E-state index in [2.05, 4.69) is 30.3 Å². The lowest BCUT2D eigenvalue weighted by atomic mass is 9.46. The quantitative estimate of drug-likeness (QED) is 0.596. The Morgan fingerprint density at radius 1 is 1.11 bits per heavy atom. The molecule has 5 nitrogen and oxygen atoms in total. The molecule has 9 atom stereocenters. The molecular formula is C30H47N3O2. The van der Waals surface area contributed by atoms with Gasteiger partial charge in [-0.1, -0.05) is 32.4 Å². The van der Waals surface area contributed by atoms with Crippen molar-refractivity contribution in [3.05, 3.63) is 11.6 Å². The molecule has 1 heterocycles. The summed E-state index contributed by atoms with van der Waals surface area (Å²) in [6, 6.07) is 0.703. The summed E-state index contributed by atoms with van der Waals surface area (Å²) in [7, 11) is 4.36. The Labute approximate surface area is 212 Å². The number of likely N-dealkylation sites (N-methyl/N-ethyl adjacent to an activating group) is 1. The minimum atomic E-state index is -0.435. The average molecular weight is 482 g/mol. The Morgan fingerprint density at radius 3 is 2.51 bits per heavy atom. The molecule has 6 rings (SSSR count). The predicted molar refractivity (Wildman–Crippen MR) is 138 cm³/mol. The van der Waals surface area contributed by atoms with Gasteiger partial charge >= 0.3 is 0 Å². The number of nitrogens with one attached hydrogen (secondary N) is 1. The van der Waals surface area contributed by atoms with E-state index < -0.39 is 6.04 Å². The summed E-state index contributed by atoms with van der Waals surface area (Å²) in [5.74, 6) is 2.64. The molecule has 0 bridgehead atoms. The van der Waals surface area contributed by atoms with Gasteiger partial charge in [-0.2, -0.15) is 0 Å². The van der Waals surface area contributed by atoms with Crippen LogP contribution < -0.4 is 5.32 Å². The molecule has 1 aliphatic heterocycles. The summed E-state index contributed by atoms with van der Waals surface area (Å²) < 4.78 is 0. The van der Waals surface area contributed by atoms with E-state index >= 15 is 0 Å². The van der Waals surface area contributed by atoms with Crippen molar-refractivity contribution >= 4 is 11.8 Å². The maximum absolute atomic E-state index is 13.4. The molecule has 0 aromatic rings. The molecule has 2 spiro atoms. The molecule has 2 amide bonds. The van der Waals surface area contributed by atoms with Gasteiger partial charge < -0.3 is 15.1 Å². The monoisotopic (exact) mass is 481 g/mol. The van der Waals surface area contributed by atoms with Gasteiger partial charge in [0.05, 0.1) is 0 Å². The van der Waals surface area contributed by atoms with Crippen molar-refractivity contribution in [2.24, 2.45) is 39.9 Å². The Morgan fingerprint density at radius 2 is 1.83 bits per heavy atom. The van der Waals surface area contributed by atoms with Crippen LogP contribution in [0.3, 0.4) is 0 Å². The maximum Gasteiger partial charge on any atom is 0.245 e. The highest BCUT2D eigenvalue weighted by Crippen LogP contribution is 2.80. The number of hydrogen-bond donors (Lipinski definition) is 1. The third kappa shape index (κ3) is 3.15. The minimum absolute atomic E-state index is 0.0679. The topological polar surface area (TPSA) is 52.7 Å². The normalized spacial score (nSPS) is 46.5. The van der Waals surface area contributed by atoms with Crippen molar-refractivity contribution in [1.82, 2.24) is 15.1 Å². The van der Waals surface area contributed by atoms with Crippen molar-refractivity contribution in [2.75, 3.05) is 20.6 Å². The fraction of sp³-hybridized carbons (Fsp3) is 0.867. The van der Waals surface area contributed by atoms with E-state index in [9.17, 15) is 9.59 Å². The highest BCUT2D eigenvalue weighted by molar-refractivity contribution is 5.87. The molecular weight excluding hydrogens is 434 g/mol. The Kier molecular flexibility index (Phi) is 5.36. The van der Waals surface area contributed by atoms with Crippen LogP contribution in [0.2, 0.25) is 0 Å². The molecule has 35 heavy (non-hydrogen) atoms. The molecule has 194 valence electrons. The molecule has 0 aromatic heterocycles. The van der Waals surface area contributed by atoms with Crippen LogP contribution in [-0.2, 0) is 9.59 Å². The fourth-order valence-corrected chi connectivity index (χ4v) is 10.7. The van der Waals surface area contributed by atoms with Crippen LogP contribution in [0.1, 0.15) is 85.5 Å². The average Bonchev–Trinajstić information content (AvgIpc) is 3.39. The fourth-order valence-electron chi connectivity index (χ4n) is 10.7. The lowest BCUT2D eigenvalue weighted by Gasteiger charge is -2.59. The number of allylic oxidation sites excluding steroid dienone is 1. The highest BCUT2D eigenvalue weighted by Gasteiger charge is 2.78. The predicted octanol–water partition coefficient (Wildman–Crippen LogP) is 4.62. The van der Waals surface area contributed by atoms with E-state index in [1.807, 2.05) is 25.8 Å². The summed E-state index contributed by atoms with van der Waals surface area (Å²) in [5.41, 5.74) is 3.24. The van der Waals surface area contributed by atoms with Crippen molar-refractivity contribution in [1.29, 1.82) is 0 Å². The molecule has 1 saturated heterocycles. The third-order valence-corrected chi connectivity index (χ3v) is 12.5. The standard InChI is InChI=1S/C30H47N3O2/c1-18(2)26(31-19(3)34)27(35)33(6)21-9-12-28(4)20(15-21)7-8-22-23(28)10-14-30-17-32(5)25-16-29(25,30)13-11-24(22)30/h7,18,21-26H,8-17H2,1-6H3,(H,31,34)/t21-,22+,23-,24-,25-,26-,28-,29-,30+/m0/s1. The maximum atomic E-state index is 13.4. The van der Waals surface area contributed by atoms with Crippen LogP contribution in [0.5, 0.6) is 0 Å². The van der Waals surface area contributed by atoms with Gasteiger partial charge in [0.25, 0.3) is 0 Å². The molecule has 5 fully saturated rings. The van der Waals surface area contributed by atoms with Gasteiger partial charge in [0, 0.05) is 32.6 Å². The first-order chi connectivity index (χ1) is 16.5. The van der Waals surface area contributed by atoms with Crippen LogP contribution in [0.4, 0.5) is 0 Å². The van der Waals surface area contributed by atoms with Gasteiger partial charge in [-0.3, -0.25) is 9.59 Å². The van der Waals surface area contributed by atoms with Gasteiger partial charge in [0.1, 0.15) is 6.04 Å². The summed E-state index contributed by atoms with van der Waals surface area (Å²) in [6.07, 6.45) is 14.5. The second kappa shape index (κ2) is 7.82. The first-order valence-corrected chi connectivity index (χ1v) is 14.5. The van der Waals surface area contributed by atoms with Crippen molar-refractivity contribution in [2.45, 2.75) is 104 Å². The first kappa shape index (κ1) is 24.0. The molecule has 5 aliphatic carbocycles. The Bertz CT molecular complexity index is 959. The van der Waals surface area contributed by atoms with E-state index in [0.29, 0.717) is 16.2 Å². The lowest BCUT2D eigenvalue weighted by molar-refractivity contribution is -0.139. The molecule has 0 radical (unpaired) electrons. The van der Waals surface area contributed by atoms with Gasteiger partial charge in [-0.25, -0.2) is 0 Å². The zero-order chi connectivity index (χ0) is 24.9. The van der Waals surface area contributed by atoms with E-state index in [4.69, 9.17) is 0 Å². The van der Waals surface area contributed by atoms with Gasteiger partial charge in [-0.05, 0) is 105 Å². The minimum Gasteiger partial charge on any atom is -0.344 e. The number of nitrogens with zero attached hydrogens (tertiary/aromatic N) is 2. The Balaban J connectivity index is 1.20. The second-order valence-electron chi connectivity index (χ2n) is 14.1. The van der Waals surface area contributed by atoms with Crippen molar-refractivity contribution in [3.63, 3.8) is 0 Å². The SMILES string of the molecule is CC(=O)N[C@H](C(=O)N(C)[C@H]1CC[C@@]2(C)C(=CC[C@H]3[C@@H]4CC[C@]56C[C@@H]5N(C)C[C@]46CC[C@@H]32)C1)C(C)C. The zero-order valence-corrected chi connectivity index (χ0v) is 22.9. The molecule has 0 aromatic carbocycles. The number of likely N-dealkylation sites (tertiary alicyclic amines) is 1. The molecule has 1 N–H and O–H groups in total. The Hall–Kier alpha value is -1.36. The van der Waals surface area contributed by atoms with Crippen molar-refractivity contribution < 1.29 is 9.59 Å². The largest absolute Gasteiger partial charge is 0.344 e. The lowest BCUT2D eigenvalue weighted by Crippen LogP contribution is -2.55. The summed E-state index contributed by atoms with van der Waals surface area (Å²) in [4.78, 5) is 29.8. The van der Waals surface area contributed by atoms with E-state index in [0.717, 1.165) is 36.6 Å². The van der Waals surface area contributed by atoms with Gasteiger partial charge in [0.15, 0.2) is 0 Å². The number of carbonyl (C=O) groups excluding carboxylic acids is 2. The van der Waals surface area contributed by atoms with Crippen LogP contribution in [0.25, 0.3) is 0 Å². The molecule has 6 aliphatic rings. The van der Waals surface area contributed by atoms with E-state index in [1.165, 1.54) is 58.4 Å². The van der Waals surface area contributed by atoms with Gasteiger partial charge in [0.2, 0.25) is 11.8 Å². The van der Waals surface area contributed by atoms with Crippen LogP contribution in [0.15, 0.2) is 11.6 Å². The smallest absolute Gasteiger partial charge is 0.245 e. The number of rotatable bonds is 4. The third-order valence-electron chi connectivity index (χ3n) is 12.5. The summed E-state index contributed by atoms with van der Waals surface area (Å²) >= 11 is 0. The molecule has 5 heteroatoms. The highest BCUT2D eigenvalue weighted by atomic mass is 16.2. The van der Waals surface area contributed by atoms with Gasteiger partial charge in [-0.15, -0.1) is 0 Å². The first-order valence-electron chi connectivity index (χ1n) is 14.5. The number of carbonyl (C=O) groups is 2. The molecule has 4 saturated carbocycles. The van der Waals surface area contributed by atoms with Crippen LogP contribution >= 0.6 is 0 Å². The second-order valence-corrected chi connectivity index (χ2v) is 14.1. The van der Waals surface area contributed by atoms with E-state index in [1.54, 1.807) is 5.57 Å². The number of fused-ring (bicyclic) bond motifs is 4. The number of piperidine rings is 1. The summed E-state index contributed by atoms with van der Waals surface area (Å²) in [5, 5.41) is 2.90. The van der Waals surface area contributed by atoms with Crippen LogP contribution in [-0.4, -0.2) is 60.4 Å².